The van der Waals surface area contributed by atoms with Gasteiger partial charge in [-0.3, -0.25) is 4.79 Å². The number of esters is 2. The van der Waals surface area contributed by atoms with Crippen LogP contribution in [-0.2, 0) is 23.9 Å². The Morgan fingerprint density at radius 1 is 1.32 bits per heavy atom. The van der Waals surface area contributed by atoms with Gasteiger partial charge in [-0.05, 0) is 17.3 Å². The Morgan fingerprint density at radius 3 is 2.42 bits per heavy atom. The van der Waals surface area contributed by atoms with Gasteiger partial charge in [0.1, 0.15) is 5.41 Å². The molecular formula is C13H16O6. The lowest BCUT2D eigenvalue weighted by molar-refractivity contribution is -0.234. The second-order valence-corrected chi connectivity index (χ2v) is 6.39. The largest absolute Gasteiger partial charge is 0.479 e. The zero-order chi connectivity index (χ0) is 14.3. The van der Waals surface area contributed by atoms with Crippen LogP contribution in [-0.4, -0.2) is 35.2 Å². The maximum Gasteiger partial charge on any atom is 0.352 e. The summed E-state index contributed by atoms with van der Waals surface area (Å²) in [6, 6.07) is 0. The van der Waals surface area contributed by atoms with Crippen molar-refractivity contribution in [3.05, 3.63) is 0 Å². The minimum Gasteiger partial charge on any atom is -0.479 e. The predicted octanol–water partition coefficient (Wildman–Crippen LogP) is 0.736. The quantitative estimate of drug-likeness (QED) is 0.759. The van der Waals surface area contributed by atoms with Gasteiger partial charge in [0.2, 0.25) is 5.60 Å². The summed E-state index contributed by atoms with van der Waals surface area (Å²) in [5.41, 5.74) is -2.69. The van der Waals surface area contributed by atoms with Gasteiger partial charge < -0.3 is 14.6 Å². The first-order valence-electron chi connectivity index (χ1n) is 6.30. The second kappa shape index (κ2) is 2.94. The lowest BCUT2D eigenvalue weighted by Gasteiger charge is -2.46. The van der Waals surface area contributed by atoms with Gasteiger partial charge in [-0.2, -0.15) is 0 Å². The van der Waals surface area contributed by atoms with E-state index in [1.807, 2.05) is 20.8 Å². The predicted molar refractivity (Wildman–Crippen MR) is 61.0 cm³/mol. The number of hydrogen-bond donors (Lipinski definition) is 1. The molecule has 0 bridgehead atoms. The molecule has 3 fully saturated rings. The molecule has 0 aromatic heterocycles. The minimum absolute atomic E-state index is 0.266. The van der Waals surface area contributed by atoms with Crippen molar-refractivity contribution in [3.63, 3.8) is 0 Å². The maximum atomic E-state index is 12.2. The standard InChI is InChI=1S/C13H16O6/c1-10(2)11(3)4-5-12(8(16)18-6-7(14)15)13(10,11)9(17)19-12/h4-6H2,1-3H3,(H,14,15). The van der Waals surface area contributed by atoms with Gasteiger partial charge in [-0.15, -0.1) is 0 Å². The molecule has 1 spiro atoms. The van der Waals surface area contributed by atoms with Crippen LogP contribution in [0.2, 0.25) is 0 Å². The van der Waals surface area contributed by atoms with Gasteiger partial charge in [0.25, 0.3) is 0 Å². The van der Waals surface area contributed by atoms with Crippen molar-refractivity contribution in [2.45, 2.75) is 39.2 Å². The summed E-state index contributed by atoms with van der Waals surface area (Å²) in [6.07, 6.45) is 1.12. The summed E-state index contributed by atoms with van der Waals surface area (Å²) in [4.78, 5) is 34.7. The van der Waals surface area contributed by atoms with Crippen molar-refractivity contribution in [2.75, 3.05) is 6.61 Å². The number of carbonyl (C=O) groups is 3. The van der Waals surface area contributed by atoms with Crippen LogP contribution in [0.1, 0.15) is 33.6 Å². The number of carbonyl (C=O) groups excluding carboxylic acids is 2. The van der Waals surface area contributed by atoms with Crippen LogP contribution in [0.15, 0.2) is 0 Å². The van der Waals surface area contributed by atoms with Gasteiger partial charge in [-0.25, -0.2) is 9.59 Å². The molecule has 3 atom stereocenters. The van der Waals surface area contributed by atoms with E-state index in [2.05, 4.69) is 0 Å². The first-order chi connectivity index (χ1) is 8.67. The lowest BCUT2D eigenvalue weighted by Crippen LogP contribution is -2.65. The zero-order valence-corrected chi connectivity index (χ0v) is 11.1. The summed E-state index contributed by atoms with van der Waals surface area (Å²) in [7, 11) is 0. The molecule has 3 unspecified atom stereocenters. The summed E-state index contributed by atoms with van der Waals surface area (Å²) < 4.78 is 9.96. The highest BCUT2D eigenvalue weighted by Gasteiger charge is 3.01. The molecule has 0 aromatic rings. The number of aliphatic carboxylic acids is 1. The van der Waals surface area contributed by atoms with Gasteiger partial charge in [-0.1, -0.05) is 20.8 Å². The first-order valence-corrected chi connectivity index (χ1v) is 6.30. The molecule has 1 aliphatic heterocycles. The van der Waals surface area contributed by atoms with Crippen LogP contribution in [0, 0.1) is 16.2 Å². The van der Waals surface area contributed by atoms with Crippen molar-refractivity contribution < 1.29 is 29.0 Å². The molecule has 0 amide bonds. The number of hydrogen-bond acceptors (Lipinski definition) is 5. The van der Waals surface area contributed by atoms with E-state index in [-0.39, 0.29) is 16.8 Å². The molecule has 2 aliphatic carbocycles. The highest BCUT2D eigenvalue weighted by molar-refractivity contribution is 6.04. The highest BCUT2D eigenvalue weighted by atomic mass is 16.6. The minimum atomic E-state index is -1.27. The second-order valence-electron chi connectivity index (χ2n) is 6.39. The lowest BCUT2D eigenvalue weighted by atomic mass is 9.73. The molecule has 2 saturated carbocycles. The van der Waals surface area contributed by atoms with Crippen LogP contribution >= 0.6 is 0 Å². The first kappa shape index (κ1) is 12.4. The topological polar surface area (TPSA) is 89.9 Å². The number of ether oxygens (including phenoxy) is 2. The fourth-order valence-electron chi connectivity index (χ4n) is 4.75. The summed E-state index contributed by atoms with van der Waals surface area (Å²) in [6.45, 7) is 5.18. The van der Waals surface area contributed by atoms with E-state index in [0.29, 0.717) is 12.8 Å². The smallest absolute Gasteiger partial charge is 0.352 e. The Hall–Kier alpha value is -1.59. The van der Waals surface area contributed by atoms with E-state index in [1.165, 1.54) is 0 Å². The van der Waals surface area contributed by atoms with Crippen LogP contribution in [0.4, 0.5) is 0 Å². The highest BCUT2D eigenvalue weighted by Crippen LogP contribution is 2.92. The molecule has 6 heteroatoms. The van der Waals surface area contributed by atoms with E-state index in [0.717, 1.165) is 0 Å². The average Bonchev–Trinajstić information content (AvgIpc) is 2.59. The van der Waals surface area contributed by atoms with Crippen LogP contribution < -0.4 is 0 Å². The molecule has 1 heterocycles. The fourth-order valence-corrected chi connectivity index (χ4v) is 4.75. The third-order valence-corrected chi connectivity index (χ3v) is 5.89. The van der Waals surface area contributed by atoms with Crippen molar-refractivity contribution in [3.8, 4) is 0 Å². The Labute approximate surface area is 110 Å². The normalized spacial score (nSPS) is 44.5. The average molecular weight is 268 g/mol. The molecule has 1 saturated heterocycles. The van der Waals surface area contributed by atoms with Crippen LogP contribution in [0.25, 0.3) is 0 Å². The van der Waals surface area contributed by atoms with E-state index in [4.69, 9.17) is 14.6 Å². The molecule has 0 radical (unpaired) electrons. The Bertz CT molecular complexity index is 523. The Kier molecular flexibility index (Phi) is 1.93. The third-order valence-electron chi connectivity index (χ3n) is 5.89. The molecule has 3 rings (SSSR count). The SMILES string of the molecule is CC1(C)C2(C)CCC3(C(=O)OCC(=O)O)OC(=O)C312. The zero-order valence-electron chi connectivity index (χ0n) is 11.1. The summed E-state index contributed by atoms with van der Waals surface area (Å²) in [5, 5.41) is 8.57. The van der Waals surface area contributed by atoms with E-state index in [1.54, 1.807) is 0 Å². The molecule has 0 aromatic carbocycles. The number of rotatable bonds is 3. The van der Waals surface area contributed by atoms with Crippen molar-refractivity contribution in [2.24, 2.45) is 16.2 Å². The van der Waals surface area contributed by atoms with Crippen LogP contribution in [0.5, 0.6) is 0 Å². The fraction of sp³-hybridized carbons (Fsp3) is 0.769. The molecular weight excluding hydrogens is 252 g/mol. The Balaban J connectivity index is 1.93. The van der Waals surface area contributed by atoms with Gasteiger partial charge in [0, 0.05) is 6.42 Å². The van der Waals surface area contributed by atoms with Gasteiger partial charge in [0.15, 0.2) is 6.61 Å². The summed E-state index contributed by atoms with van der Waals surface area (Å²) in [5.74, 6) is -2.30. The number of carboxylic acid groups (broad SMARTS) is 1. The number of carboxylic acids is 1. The van der Waals surface area contributed by atoms with E-state index < -0.39 is 29.6 Å². The maximum absolute atomic E-state index is 12.2. The third kappa shape index (κ3) is 0.904. The van der Waals surface area contributed by atoms with Gasteiger partial charge >= 0.3 is 17.9 Å². The van der Waals surface area contributed by atoms with Crippen molar-refractivity contribution in [1.29, 1.82) is 0 Å². The van der Waals surface area contributed by atoms with Crippen molar-refractivity contribution >= 4 is 17.9 Å². The van der Waals surface area contributed by atoms with E-state index in [9.17, 15) is 14.4 Å². The van der Waals surface area contributed by atoms with Crippen LogP contribution in [0.3, 0.4) is 0 Å². The molecule has 1 N–H and O–H groups in total. The monoisotopic (exact) mass is 268 g/mol. The molecule has 104 valence electrons. The summed E-state index contributed by atoms with van der Waals surface area (Å²) >= 11 is 0. The van der Waals surface area contributed by atoms with E-state index >= 15 is 0 Å². The molecule has 6 nitrogen and oxygen atoms in total. The molecule has 3 aliphatic rings. The van der Waals surface area contributed by atoms with Crippen molar-refractivity contribution in [1.82, 2.24) is 0 Å². The Morgan fingerprint density at radius 2 is 1.95 bits per heavy atom. The molecule has 19 heavy (non-hydrogen) atoms. The van der Waals surface area contributed by atoms with Gasteiger partial charge in [0.05, 0.1) is 0 Å².